The van der Waals surface area contributed by atoms with Gasteiger partial charge in [-0.15, -0.1) is 24.0 Å². The molecular weight excluding hydrogens is 489 g/mol. The number of halogens is 1. The number of nitro benzene ring substituents is 1. The molecule has 2 heterocycles. The first-order valence-corrected chi connectivity index (χ1v) is 9.88. The molecule has 0 aromatic heterocycles. The lowest BCUT2D eigenvalue weighted by atomic mass is 10.2. The van der Waals surface area contributed by atoms with E-state index in [1.54, 1.807) is 12.1 Å². The van der Waals surface area contributed by atoms with Crippen LogP contribution < -0.4 is 10.6 Å². The highest BCUT2D eigenvalue weighted by molar-refractivity contribution is 14.0. The minimum absolute atomic E-state index is 0. The van der Waals surface area contributed by atoms with Gasteiger partial charge in [0.1, 0.15) is 0 Å². The van der Waals surface area contributed by atoms with Gasteiger partial charge in [-0.1, -0.05) is 12.1 Å². The first-order valence-electron chi connectivity index (χ1n) is 9.88. The molecule has 1 unspecified atom stereocenters. The van der Waals surface area contributed by atoms with Crippen LogP contribution >= 0.6 is 24.0 Å². The standard InChI is InChI=1S/C19H29N5O4.HI/c25-24(26)17-5-3-16(4-6-17)14-21-19(22-15-18-2-1-11-28-18)20-7-8-23-9-12-27-13-10-23;/h3-6,18H,1-2,7-15H2,(H2,20,21,22);1H. The number of guanidine groups is 1. The Labute approximate surface area is 188 Å². The van der Waals surface area contributed by atoms with Crippen molar-refractivity contribution in [3.63, 3.8) is 0 Å². The fourth-order valence-corrected chi connectivity index (χ4v) is 3.24. The highest BCUT2D eigenvalue weighted by Crippen LogP contribution is 2.13. The Hall–Kier alpha value is -1.50. The Morgan fingerprint density at radius 2 is 1.97 bits per heavy atom. The van der Waals surface area contributed by atoms with Crippen LogP contribution in [0.25, 0.3) is 0 Å². The normalized spacial score (nSPS) is 20.1. The third-order valence-corrected chi connectivity index (χ3v) is 4.91. The van der Waals surface area contributed by atoms with Gasteiger partial charge in [-0.05, 0) is 18.4 Å². The highest BCUT2D eigenvalue weighted by atomic mass is 127. The summed E-state index contributed by atoms with van der Waals surface area (Å²) >= 11 is 0. The van der Waals surface area contributed by atoms with Crippen molar-refractivity contribution in [3.8, 4) is 0 Å². The minimum Gasteiger partial charge on any atom is -0.379 e. The van der Waals surface area contributed by atoms with Gasteiger partial charge in [0, 0.05) is 51.5 Å². The summed E-state index contributed by atoms with van der Waals surface area (Å²) in [5.74, 6) is 0.738. The topological polar surface area (TPSA) is 101 Å². The second-order valence-electron chi connectivity index (χ2n) is 6.99. The smallest absolute Gasteiger partial charge is 0.269 e. The number of morpholine rings is 1. The van der Waals surface area contributed by atoms with Crippen LogP contribution in [0.5, 0.6) is 0 Å². The van der Waals surface area contributed by atoms with E-state index in [4.69, 9.17) is 9.47 Å². The number of nitrogens with zero attached hydrogens (tertiary/aromatic N) is 3. The van der Waals surface area contributed by atoms with Crippen molar-refractivity contribution in [2.75, 3.05) is 52.5 Å². The van der Waals surface area contributed by atoms with E-state index in [2.05, 4.69) is 20.5 Å². The van der Waals surface area contributed by atoms with Crippen LogP contribution in [0, 0.1) is 10.1 Å². The number of non-ortho nitro benzene ring substituents is 1. The van der Waals surface area contributed by atoms with Crippen molar-refractivity contribution < 1.29 is 14.4 Å². The molecule has 9 nitrogen and oxygen atoms in total. The predicted octanol–water partition coefficient (Wildman–Crippen LogP) is 1.76. The summed E-state index contributed by atoms with van der Waals surface area (Å²) in [7, 11) is 0. The van der Waals surface area contributed by atoms with Crippen LogP contribution in [0.2, 0.25) is 0 Å². The monoisotopic (exact) mass is 519 g/mol. The number of nitro groups is 1. The van der Waals surface area contributed by atoms with Gasteiger partial charge in [0.05, 0.1) is 30.8 Å². The van der Waals surface area contributed by atoms with E-state index in [0.717, 1.165) is 76.9 Å². The Morgan fingerprint density at radius 1 is 1.21 bits per heavy atom. The maximum absolute atomic E-state index is 10.8. The maximum atomic E-state index is 10.8. The molecule has 0 spiro atoms. The Kier molecular flexibility index (Phi) is 10.6. The number of ether oxygens (including phenoxy) is 2. The molecule has 2 N–H and O–H groups in total. The van der Waals surface area contributed by atoms with Crippen molar-refractivity contribution in [2.24, 2.45) is 4.99 Å². The molecule has 2 aliphatic rings. The third-order valence-electron chi connectivity index (χ3n) is 4.91. The Balaban J connectivity index is 0.00000300. The van der Waals surface area contributed by atoms with E-state index < -0.39 is 4.92 Å². The fraction of sp³-hybridized carbons (Fsp3) is 0.632. The van der Waals surface area contributed by atoms with Gasteiger partial charge >= 0.3 is 0 Å². The zero-order chi connectivity index (χ0) is 19.6. The average molecular weight is 519 g/mol. The number of hydrogen-bond acceptors (Lipinski definition) is 6. The molecular formula is C19H30IN5O4. The molecule has 1 atom stereocenters. The minimum atomic E-state index is -0.394. The summed E-state index contributed by atoms with van der Waals surface area (Å²) in [5.41, 5.74) is 1.02. The molecule has 1 aromatic carbocycles. The molecule has 1 aromatic rings. The van der Waals surface area contributed by atoms with Crippen LogP contribution in [0.15, 0.2) is 29.3 Å². The molecule has 2 aliphatic heterocycles. The van der Waals surface area contributed by atoms with Crippen molar-refractivity contribution in [1.29, 1.82) is 0 Å². The lowest BCUT2D eigenvalue weighted by molar-refractivity contribution is -0.384. The van der Waals surface area contributed by atoms with Gasteiger partial charge < -0.3 is 20.1 Å². The molecule has 0 saturated carbocycles. The molecule has 0 radical (unpaired) electrons. The van der Waals surface area contributed by atoms with E-state index in [1.807, 2.05) is 0 Å². The largest absolute Gasteiger partial charge is 0.379 e. The molecule has 2 fully saturated rings. The van der Waals surface area contributed by atoms with E-state index in [0.29, 0.717) is 6.54 Å². The molecule has 0 bridgehead atoms. The van der Waals surface area contributed by atoms with E-state index in [-0.39, 0.29) is 35.8 Å². The van der Waals surface area contributed by atoms with E-state index in [9.17, 15) is 10.1 Å². The zero-order valence-electron chi connectivity index (χ0n) is 16.5. The second kappa shape index (κ2) is 12.9. The Morgan fingerprint density at radius 3 is 2.62 bits per heavy atom. The molecule has 10 heteroatoms. The SMILES string of the molecule is I.O=[N+]([O-])c1ccc(CN=C(NCCN2CCOCC2)NCC2CCCO2)cc1. The molecule has 162 valence electrons. The third kappa shape index (κ3) is 8.41. The maximum Gasteiger partial charge on any atom is 0.269 e. The molecule has 3 rings (SSSR count). The summed E-state index contributed by atoms with van der Waals surface area (Å²) in [5, 5.41) is 17.5. The number of benzene rings is 1. The summed E-state index contributed by atoms with van der Waals surface area (Å²) in [6.07, 6.45) is 2.40. The highest BCUT2D eigenvalue weighted by Gasteiger charge is 2.16. The molecule has 0 aliphatic carbocycles. The summed E-state index contributed by atoms with van der Waals surface area (Å²) in [6.45, 7) is 7.22. The second-order valence-corrected chi connectivity index (χ2v) is 6.99. The summed E-state index contributed by atoms with van der Waals surface area (Å²) < 4.78 is 11.0. The Bertz CT molecular complexity index is 647. The molecule has 29 heavy (non-hydrogen) atoms. The number of nitrogens with one attached hydrogen (secondary N) is 2. The van der Waals surface area contributed by atoms with E-state index >= 15 is 0 Å². The first-order chi connectivity index (χ1) is 13.7. The van der Waals surface area contributed by atoms with Crippen molar-refractivity contribution in [3.05, 3.63) is 39.9 Å². The molecule has 2 saturated heterocycles. The number of aliphatic imine (C=N–C) groups is 1. The van der Waals surface area contributed by atoms with Gasteiger partial charge in [0.2, 0.25) is 0 Å². The first kappa shape index (κ1) is 23.8. The summed E-state index contributed by atoms with van der Waals surface area (Å²) in [4.78, 5) is 17.4. The van der Waals surface area contributed by atoms with Gasteiger partial charge in [-0.25, -0.2) is 4.99 Å². The summed E-state index contributed by atoms with van der Waals surface area (Å²) in [6, 6.07) is 6.51. The zero-order valence-corrected chi connectivity index (χ0v) is 18.9. The van der Waals surface area contributed by atoms with Gasteiger partial charge in [0.15, 0.2) is 5.96 Å². The molecule has 0 amide bonds. The van der Waals surface area contributed by atoms with Crippen molar-refractivity contribution >= 4 is 35.6 Å². The van der Waals surface area contributed by atoms with Crippen LogP contribution in [-0.2, 0) is 16.0 Å². The van der Waals surface area contributed by atoms with Gasteiger partial charge in [-0.2, -0.15) is 0 Å². The van der Waals surface area contributed by atoms with Crippen LogP contribution in [-0.4, -0.2) is 74.4 Å². The number of rotatable bonds is 8. The van der Waals surface area contributed by atoms with E-state index in [1.165, 1.54) is 12.1 Å². The predicted molar refractivity (Wildman–Crippen MR) is 122 cm³/mol. The van der Waals surface area contributed by atoms with Crippen LogP contribution in [0.3, 0.4) is 0 Å². The van der Waals surface area contributed by atoms with Crippen LogP contribution in [0.4, 0.5) is 5.69 Å². The van der Waals surface area contributed by atoms with Crippen molar-refractivity contribution in [2.45, 2.75) is 25.5 Å². The quantitative estimate of drug-likeness (QED) is 0.178. The van der Waals surface area contributed by atoms with Crippen molar-refractivity contribution in [1.82, 2.24) is 15.5 Å². The number of hydrogen-bond donors (Lipinski definition) is 2. The lowest BCUT2D eigenvalue weighted by Crippen LogP contribution is -2.45. The lowest BCUT2D eigenvalue weighted by Gasteiger charge is -2.27. The fourth-order valence-electron chi connectivity index (χ4n) is 3.24. The van der Waals surface area contributed by atoms with Crippen LogP contribution in [0.1, 0.15) is 18.4 Å². The van der Waals surface area contributed by atoms with Gasteiger partial charge in [-0.3, -0.25) is 15.0 Å². The average Bonchev–Trinajstić information content (AvgIpc) is 3.24. The van der Waals surface area contributed by atoms with Gasteiger partial charge in [0.25, 0.3) is 5.69 Å².